The van der Waals surface area contributed by atoms with Crippen LogP contribution in [0.25, 0.3) is 11.5 Å². The zero-order chi connectivity index (χ0) is 28.3. The average Bonchev–Trinajstić information content (AvgIpc) is 3.45. The van der Waals surface area contributed by atoms with Gasteiger partial charge < -0.3 is 9.15 Å². The molecule has 0 unspecified atom stereocenters. The van der Waals surface area contributed by atoms with Crippen molar-refractivity contribution in [3.8, 4) is 17.2 Å². The molecule has 6 heteroatoms. The summed E-state index contributed by atoms with van der Waals surface area (Å²) in [6, 6.07) is 15.0. The van der Waals surface area contributed by atoms with E-state index in [1.165, 1.54) is 95.5 Å². The second kappa shape index (κ2) is 19.5. The summed E-state index contributed by atoms with van der Waals surface area (Å²) in [5.74, 6) is 1.61. The molecule has 40 heavy (non-hydrogen) atoms. The number of carbonyl (C=O) groups excluding carboxylic acids is 1. The molecule has 218 valence electrons. The Morgan fingerprint density at radius 3 is 1.90 bits per heavy atom. The third-order valence-corrected chi connectivity index (χ3v) is 8.11. The topological polar surface area (TPSA) is 65.2 Å². The van der Waals surface area contributed by atoms with Crippen LogP contribution in [0.4, 0.5) is 0 Å². The molecule has 1 aromatic heterocycles. The van der Waals surface area contributed by atoms with Crippen LogP contribution in [0.5, 0.6) is 5.75 Å². The molecule has 0 saturated carbocycles. The van der Waals surface area contributed by atoms with Gasteiger partial charge in [-0.05, 0) is 61.2 Å². The smallest absolute Gasteiger partial charge is 0.343 e. The maximum atomic E-state index is 12.6. The highest BCUT2D eigenvalue weighted by atomic mass is 32.2. The van der Waals surface area contributed by atoms with E-state index in [0.717, 1.165) is 24.2 Å². The summed E-state index contributed by atoms with van der Waals surface area (Å²) < 4.78 is 11.4. The van der Waals surface area contributed by atoms with Gasteiger partial charge in [-0.2, -0.15) is 0 Å². The first-order chi connectivity index (χ1) is 19.7. The number of nitrogens with zero attached hydrogens (tertiary/aromatic N) is 2. The molecule has 2 aromatic carbocycles. The second-order valence-corrected chi connectivity index (χ2v) is 11.7. The number of rotatable bonds is 21. The van der Waals surface area contributed by atoms with Crippen molar-refractivity contribution in [2.24, 2.45) is 0 Å². The molecule has 5 nitrogen and oxygen atoms in total. The van der Waals surface area contributed by atoms with E-state index in [4.69, 9.17) is 9.15 Å². The number of ether oxygens (including phenoxy) is 1. The summed E-state index contributed by atoms with van der Waals surface area (Å²) in [7, 11) is 0. The van der Waals surface area contributed by atoms with Crippen molar-refractivity contribution in [3.05, 3.63) is 59.7 Å². The maximum absolute atomic E-state index is 12.6. The number of aryl methyl sites for hydroxylation is 1. The molecule has 0 radical (unpaired) electrons. The van der Waals surface area contributed by atoms with Gasteiger partial charge in [-0.15, -0.1) is 10.2 Å². The lowest BCUT2D eigenvalue weighted by atomic mass is 10.0. The zero-order valence-electron chi connectivity index (χ0n) is 24.7. The first-order valence-corrected chi connectivity index (χ1v) is 16.6. The minimum Gasteiger partial charge on any atom is -0.423 e. The molecule has 0 aliphatic carbocycles. The quantitative estimate of drug-likeness (QED) is 0.0555. The van der Waals surface area contributed by atoms with Crippen LogP contribution in [0, 0.1) is 0 Å². The van der Waals surface area contributed by atoms with Gasteiger partial charge >= 0.3 is 5.97 Å². The number of unbranched alkanes of at least 4 members (excludes halogenated alkanes) is 13. The van der Waals surface area contributed by atoms with Crippen LogP contribution in [0.1, 0.15) is 126 Å². The third-order valence-electron chi connectivity index (χ3n) is 7.20. The number of thioether (sulfide) groups is 1. The van der Waals surface area contributed by atoms with E-state index in [0.29, 0.717) is 22.4 Å². The Hall–Kier alpha value is -2.60. The van der Waals surface area contributed by atoms with Gasteiger partial charge in [0, 0.05) is 11.3 Å². The first-order valence-electron chi connectivity index (χ1n) is 15.6. The number of carbonyl (C=O) groups is 1. The van der Waals surface area contributed by atoms with Crippen molar-refractivity contribution < 1.29 is 13.9 Å². The molecule has 3 aromatic rings. The highest BCUT2D eigenvalue weighted by molar-refractivity contribution is 7.99. The molecule has 0 N–H and O–H groups in total. The van der Waals surface area contributed by atoms with Crippen molar-refractivity contribution in [2.75, 3.05) is 5.75 Å². The Labute approximate surface area is 245 Å². The minimum absolute atomic E-state index is 0.354. The van der Waals surface area contributed by atoms with E-state index in [-0.39, 0.29) is 5.97 Å². The molecule has 3 rings (SSSR count). The van der Waals surface area contributed by atoms with Crippen molar-refractivity contribution >= 4 is 17.7 Å². The fourth-order valence-corrected chi connectivity index (χ4v) is 5.46. The molecule has 0 aliphatic rings. The molecule has 0 bridgehead atoms. The second-order valence-electron chi connectivity index (χ2n) is 10.7. The standard InChI is InChI=1S/C34H48N2O3S/c1-3-5-7-9-11-12-14-16-18-28-19-21-30(22-20-28)33(37)38-31-25-23-29(24-26-31)32-35-36-34(39-32)40-27-17-15-13-10-8-6-4-2/h19-26H,3-18,27H2,1-2H3. The van der Waals surface area contributed by atoms with Crippen LogP contribution in [0.3, 0.4) is 0 Å². The third kappa shape index (κ3) is 12.3. The Kier molecular flexibility index (Phi) is 15.5. The molecule has 0 saturated heterocycles. The van der Waals surface area contributed by atoms with E-state index in [1.54, 1.807) is 23.9 Å². The van der Waals surface area contributed by atoms with Crippen molar-refractivity contribution in [1.29, 1.82) is 0 Å². The van der Waals surface area contributed by atoms with Crippen LogP contribution >= 0.6 is 11.8 Å². The van der Waals surface area contributed by atoms with E-state index in [9.17, 15) is 4.79 Å². The maximum Gasteiger partial charge on any atom is 0.343 e. The summed E-state index contributed by atoms with van der Waals surface area (Å²) in [6.07, 6.45) is 20.6. The van der Waals surface area contributed by atoms with Gasteiger partial charge in [-0.1, -0.05) is 121 Å². The molecular formula is C34H48N2O3S. The van der Waals surface area contributed by atoms with Crippen molar-refractivity contribution in [2.45, 2.75) is 122 Å². The largest absolute Gasteiger partial charge is 0.423 e. The van der Waals surface area contributed by atoms with E-state index in [1.807, 2.05) is 36.4 Å². The predicted octanol–water partition coefficient (Wildman–Crippen LogP) is 10.5. The van der Waals surface area contributed by atoms with Gasteiger partial charge in [0.25, 0.3) is 5.22 Å². The number of hydrogen-bond acceptors (Lipinski definition) is 6. The summed E-state index contributed by atoms with van der Waals surface area (Å²) >= 11 is 1.61. The SMILES string of the molecule is CCCCCCCCCCc1ccc(C(=O)Oc2ccc(-c3nnc(SCCCCCCCCC)o3)cc2)cc1. The van der Waals surface area contributed by atoms with Gasteiger partial charge in [0.05, 0.1) is 5.56 Å². The molecule has 0 aliphatic heterocycles. The van der Waals surface area contributed by atoms with Crippen LogP contribution in [-0.4, -0.2) is 21.9 Å². The highest BCUT2D eigenvalue weighted by Crippen LogP contribution is 2.26. The first kappa shape index (κ1) is 31.9. The van der Waals surface area contributed by atoms with Crippen molar-refractivity contribution in [1.82, 2.24) is 10.2 Å². The van der Waals surface area contributed by atoms with E-state index < -0.39 is 0 Å². The fourth-order valence-electron chi connectivity index (χ4n) is 4.71. The molecule has 0 fully saturated rings. The number of hydrogen-bond donors (Lipinski definition) is 0. The van der Waals surface area contributed by atoms with Crippen LogP contribution in [0.2, 0.25) is 0 Å². The Morgan fingerprint density at radius 1 is 0.700 bits per heavy atom. The van der Waals surface area contributed by atoms with Gasteiger partial charge in [0.15, 0.2) is 0 Å². The number of benzene rings is 2. The van der Waals surface area contributed by atoms with Gasteiger partial charge in [-0.25, -0.2) is 4.79 Å². The molecule has 0 atom stereocenters. The summed E-state index contributed by atoms with van der Waals surface area (Å²) in [6.45, 7) is 4.50. The normalized spacial score (nSPS) is 11.2. The van der Waals surface area contributed by atoms with Crippen LogP contribution in [-0.2, 0) is 6.42 Å². The molecule has 1 heterocycles. The predicted molar refractivity (Wildman–Crippen MR) is 166 cm³/mol. The Morgan fingerprint density at radius 2 is 1.27 bits per heavy atom. The Balaban J connectivity index is 1.35. The summed E-state index contributed by atoms with van der Waals surface area (Å²) in [5.41, 5.74) is 2.63. The average molecular weight is 565 g/mol. The summed E-state index contributed by atoms with van der Waals surface area (Å²) in [5, 5.41) is 8.95. The van der Waals surface area contributed by atoms with Crippen LogP contribution < -0.4 is 4.74 Å². The monoisotopic (exact) mass is 564 g/mol. The molecule has 0 spiro atoms. The van der Waals surface area contributed by atoms with Gasteiger partial charge in [-0.3, -0.25) is 0 Å². The van der Waals surface area contributed by atoms with Crippen molar-refractivity contribution in [3.63, 3.8) is 0 Å². The summed E-state index contributed by atoms with van der Waals surface area (Å²) in [4.78, 5) is 12.6. The van der Waals surface area contributed by atoms with E-state index >= 15 is 0 Å². The number of aromatic nitrogens is 2. The minimum atomic E-state index is -0.354. The zero-order valence-corrected chi connectivity index (χ0v) is 25.5. The van der Waals surface area contributed by atoms with Gasteiger partial charge in [0.1, 0.15) is 5.75 Å². The highest BCUT2D eigenvalue weighted by Gasteiger charge is 2.12. The lowest BCUT2D eigenvalue weighted by molar-refractivity contribution is 0.0734. The molecule has 0 amide bonds. The van der Waals surface area contributed by atoms with Crippen LogP contribution in [0.15, 0.2) is 58.2 Å². The number of esters is 1. The fraction of sp³-hybridized carbons (Fsp3) is 0.559. The van der Waals surface area contributed by atoms with Gasteiger partial charge in [0.2, 0.25) is 5.89 Å². The Bertz CT molecular complexity index is 1080. The lowest BCUT2D eigenvalue weighted by Gasteiger charge is -2.06. The lowest BCUT2D eigenvalue weighted by Crippen LogP contribution is -2.08. The molecular weight excluding hydrogens is 516 g/mol. The van der Waals surface area contributed by atoms with E-state index in [2.05, 4.69) is 24.0 Å².